The van der Waals surface area contributed by atoms with Crippen molar-refractivity contribution in [2.24, 2.45) is 83.2 Å². The third-order valence-electron chi connectivity index (χ3n) is 11.0. The number of rotatable bonds is 37. The van der Waals surface area contributed by atoms with Gasteiger partial charge in [-0.15, -0.1) is 0 Å². The molecule has 444 valence electrons. The van der Waals surface area contributed by atoms with Crippen molar-refractivity contribution < 1.29 is 62.6 Å². The molecular formula is C42H83N22O13P. The molecule has 0 aromatic rings. The van der Waals surface area contributed by atoms with Crippen LogP contribution in [0.3, 0.4) is 0 Å². The summed E-state index contributed by atoms with van der Waals surface area (Å²) in [5.41, 5.74) is 54.8. The monoisotopic (exact) mass is 1130 g/mol. The van der Waals surface area contributed by atoms with Crippen LogP contribution in [0.25, 0.3) is 0 Å². The van der Waals surface area contributed by atoms with Gasteiger partial charge in [-0.2, -0.15) is 0 Å². The Labute approximate surface area is 450 Å². The van der Waals surface area contributed by atoms with Crippen molar-refractivity contribution in [3.63, 3.8) is 0 Å². The average Bonchev–Trinajstić information content (AvgIpc) is 3.33. The molecule has 0 fully saturated rings. The summed E-state index contributed by atoms with van der Waals surface area (Å²) in [6, 6.07) is -12.8. The molecule has 0 rings (SSSR count). The highest BCUT2D eigenvalue weighted by atomic mass is 31.2. The van der Waals surface area contributed by atoms with Crippen LogP contribution < -0.4 is 99.9 Å². The first-order valence-electron chi connectivity index (χ1n) is 24.6. The summed E-state index contributed by atoms with van der Waals surface area (Å²) in [4.78, 5) is 155. The molecule has 0 bridgehead atoms. The normalized spacial score (nSPS) is 14.9. The second kappa shape index (κ2) is 35.7. The lowest BCUT2D eigenvalue weighted by atomic mass is 10.0. The molecular weight excluding hydrogens is 1050 g/mol. The summed E-state index contributed by atoms with van der Waals surface area (Å²) in [6.07, 6.45) is -0.602. The van der Waals surface area contributed by atoms with Crippen molar-refractivity contribution in [2.75, 3.05) is 26.2 Å². The molecule has 10 atom stereocenters. The lowest BCUT2D eigenvalue weighted by Crippen LogP contribution is -2.60. The predicted octanol–water partition coefficient (Wildman–Crippen LogP) is -9.51. The molecule has 0 heterocycles. The average molecular weight is 1140 g/mol. The Hall–Kier alpha value is -7.62. The Balaban J connectivity index is 6.63. The minimum atomic E-state index is -5.27. The van der Waals surface area contributed by atoms with E-state index >= 15 is 0 Å². The first-order chi connectivity index (χ1) is 36.2. The number of hydrogen-bond donors (Lipinski definition) is 21. The van der Waals surface area contributed by atoms with Crippen LogP contribution in [0, 0.1) is 5.92 Å². The van der Waals surface area contributed by atoms with E-state index in [9.17, 15) is 62.6 Å². The first kappa shape index (κ1) is 70.4. The van der Waals surface area contributed by atoms with E-state index in [0.717, 1.165) is 6.92 Å². The Kier molecular flexibility index (Phi) is 32.2. The summed E-state index contributed by atoms with van der Waals surface area (Å²) >= 11 is 0. The number of carbonyl (C=O) groups is 9. The van der Waals surface area contributed by atoms with E-state index in [1.165, 1.54) is 27.7 Å². The van der Waals surface area contributed by atoms with Gasteiger partial charge >= 0.3 is 7.60 Å². The standard InChI is InChI=1S/C42H83N22O13P/c1-19(2)29(38(74)57-20(3)30(44)66)64-37(73)27(18-28(65)78(75,76)77)63-32(68)22(5)58-31(67)21(4)59-34(70)24(11-7-15-54-40(47)48)61-36(72)26(13-9-17-56-42(51)52)62-35(71)25(12-8-16-55-41(49)50)60-33(69)23(43)10-6-14-53-39(45)46/h19-29,65H,6-18,43H2,1-5H3,(H2,44,66)(H,57,74)(H,58,67)(H,59,70)(H,60,69)(H,61,72)(H,62,71)(H,63,68)(H,64,73)(H4,45,46,53)(H4,47,48,54)(H4,49,50,55)(H4,51,52,56)(H2,75,76,77)/t20-,21-,22-,23-,24-,25-,26-,27-,28-,29-/m0/s1. The zero-order valence-corrected chi connectivity index (χ0v) is 45.4. The van der Waals surface area contributed by atoms with Crippen molar-refractivity contribution in [2.45, 2.75) is 153 Å². The van der Waals surface area contributed by atoms with Gasteiger partial charge in [0.1, 0.15) is 48.3 Å². The lowest BCUT2D eigenvalue weighted by molar-refractivity contribution is -0.136. The van der Waals surface area contributed by atoms with Gasteiger partial charge in [0.05, 0.1) is 6.04 Å². The van der Waals surface area contributed by atoms with Crippen LogP contribution in [0.1, 0.15) is 92.4 Å². The van der Waals surface area contributed by atoms with Crippen molar-refractivity contribution in [1.82, 2.24) is 42.5 Å². The number of nitrogens with two attached hydrogens (primary N) is 10. The Morgan fingerprint density at radius 1 is 0.423 bits per heavy atom. The van der Waals surface area contributed by atoms with Gasteiger partial charge in [0.25, 0.3) is 0 Å². The third-order valence-corrected chi connectivity index (χ3v) is 12.0. The maximum Gasteiger partial charge on any atom is 0.353 e. The van der Waals surface area contributed by atoms with E-state index < -0.39 is 133 Å². The molecule has 0 aliphatic carbocycles. The molecule has 0 aliphatic rings. The van der Waals surface area contributed by atoms with E-state index in [4.69, 9.17) is 57.3 Å². The summed E-state index contributed by atoms with van der Waals surface area (Å²) in [5.74, 6) is -12.6. The van der Waals surface area contributed by atoms with Gasteiger partial charge in [-0.3, -0.25) is 67.7 Å². The van der Waals surface area contributed by atoms with Crippen LogP contribution in [0.4, 0.5) is 0 Å². The van der Waals surface area contributed by atoms with Gasteiger partial charge in [0, 0.05) is 32.6 Å². The highest BCUT2D eigenvalue weighted by molar-refractivity contribution is 7.52. The number of aliphatic imine (C=N–C) groups is 4. The van der Waals surface area contributed by atoms with E-state index in [1.807, 2.05) is 0 Å². The lowest BCUT2D eigenvalue weighted by Gasteiger charge is -2.28. The van der Waals surface area contributed by atoms with Gasteiger partial charge in [-0.1, -0.05) is 13.8 Å². The molecule has 0 unspecified atom stereocenters. The molecule has 0 saturated heterocycles. The molecule has 0 aliphatic heterocycles. The fraction of sp³-hybridized carbons (Fsp3) is 0.690. The highest BCUT2D eigenvalue weighted by Crippen LogP contribution is 2.41. The van der Waals surface area contributed by atoms with Gasteiger partial charge in [-0.05, 0) is 78.1 Å². The number of aliphatic hydroxyl groups is 1. The van der Waals surface area contributed by atoms with Crippen LogP contribution in [-0.2, 0) is 47.7 Å². The molecule has 9 amide bonds. The Morgan fingerprint density at radius 2 is 0.731 bits per heavy atom. The van der Waals surface area contributed by atoms with Crippen LogP contribution in [0.15, 0.2) is 20.0 Å². The fourth-order valence-electron chi connectivity index (χ4n) is 6.61. The van der Waals surface area contributed by atoms with Crippen molar-refractivity contribution in [1.29, 1.82) is 0 Å². The minimum Gasteiger partial charge on any atom is -0.380 e. The number of primary amides is 1. The van der Waals surface area contributed by atoms with Crippen LogP contribution in [0.2, 0.25) is 0 Å². The SMILES string of the molecule is CC(C)[C@H](NC(=O)[C@H](C[C@@H](O)P(=O)(O)O)NC(=O)[C@H](C)NC(=O)[C@H](C)NC(=O)[C@H](CCCN=C(N)N)NC(=O)[C@H](CCCN=C(N)N)NC(=O)[C@H](CCCN=C(N)N)NC(=O)[C@@H](N)CCCN=C(N)N)C(=O)N[C@@H](C)C(N)=O. The summed E-state index contributed by atoms with van der Waals surface area (Å²) in [6.45, 7) is 6.87. The maximum absolute atomic E-state index is 14.1. The molecule has 78 heavy (non-hydrogen) atoms. The maximum atomic E-state index is 14.1. The number of aliphatic hydroxyl groups excluding tert-OH is 1. The van der Waals surface area contributed by atoms with Crippen molar-refractivity contribution >= 4 is 84.6 Å². The molecule has 36 heteroatoms. The van der Waals surface area contributed by atoms with Gasteiger partial charge < -0.3 is 115 Å². The van der Waals surface area contributed by atoms with Gasteiger partial charge in [0.15, 0.2) is 29.7 Å². The van der Waals surface area contributed by atoms with E-state index in [-0.39, 0.29) is 95.0 Å². The van der Waals surface area contributed by atoms with Crippen molar-refractivity contribution in [3.8, 4) is 0 Å². The van der Waals surface area contributed by atoms with E-state index in [0.29, 0.717) is 6.42 Å². The summed E-state index contributed by atoms with van der Waals surface area (Å²) in [7, 11) is -5.27. The summed E-state index contributed by atoms with van der Waals surface area (Å²) in [5, 5.41) is 29.5. The molecule has 31 N–H and O–H groups in total. The summed E-state index contributed by atoms with van der Waals surface area (Å²) < 4.78 is 11.9. The second-order valence-corrected chi connectivity index (χ2v) is 20.0. The minimum absolute atomic E-state index is 0.000471. The molecule has 0 aromatic carbocycles. The number of nitrogens with one attached hydrogen (secondary N) is 8. The third kappa shape index (κ3) is 29.6. The molecule has 0 spiro atoms. The van der Waals surface area contributed by atoms with Gasteiger partial charge in [-0.25, -0.2) is 0 Å². The fourth-order valence-corrected chi connectivity index (χ4v) is 7.10. The zero-order valence-electron chi connectivity index (χ0n) is 44.5. The number of carbonyl (C=O) groups excluding carboxylic acids is 9. The van der Waals surface area contributed by atoms with E-state index in [2.05, 4.69) is 62.5 Å². The van der Waals surface area contributed by atoms with Crippen LogP contribution in [0.5, 0.6) is 0 Å². The Bertz CT molecular complexity index is 2200. The highest BCUT2D eigenvalue weighted by Gasteiger charge is 2.37. The quantitative estimate of drug-likeness (QED) is 0.0119. The van der Waals surface area contributed by atoms with Crippen LogP contribution in [-0.4, -0.2) is 178 Å². The number of hydrogen-bond acceptors (Lipinski definition) is 16. The number of amides is 9. The molecule has 0 saturated carbocycles. The molecule has 0 radical (unpaired) electrons. The topological polar surface area (TPSA) is 637 Å². The number of guanidine groups is 4. The number of nitrogens with zero attached hydrogens (tertiary/aromatic N) is 4. The largest absolute Gasteiger partial charge is 0.380 e. The molecule has 35 nitrogen and oxygen atoms in total. The predicted molar refractivity (Wildman–Crippen MR) is 287 cm³/mol. The zero-order chi connectivity index (χ0) is 60.0. The second-order valence-electron chi connectivity index (χ2n) is 18.3. The molecule has 0 aromatic heterocycles. The van der Waals surface area contributed by atoms with Crippen LogP contribution >= 0.6 is 7.60 Å². The van der Waals surface area contributed by atoms with Crippen molar-refractivity contribution in [3.05, 3.63) is 0 Å². The van der Waals surface area contributed by atoms with E-state index in [1.54, 1.807) is 0 Å². The smallest absolute Gasteiger partial charge is 0.353 e. The Morgan fingerprint density at radius 3 is 1.09 bits per heavy atom. The first-order valence-corrected chi connectivity index (χ1v) is 26.3. The van der Waals surface area contributed by atoms with Gasteiger partial charge in [0.2, 0.25) is 53.2 Å².